The normalized spacial score (nSPS) is 12.4. The number of hydrogen-bond acceptors (Lipinski definition) is 2. The van der Waals surface area contributed by atoms with E-state index < -0.39 is 0 Å². The Bertz CT molecular complexity index is 413. The molecule has 1 aromatic carbocycles. The number of hydrogen-bond donors (Lipinski definition) is 0. The number of benzene rings is 1. The van der Waals surface area contributed by atoms with Crippen LogP contribution in [0.5, 0.6) is 5.75 Å². The van der Waals surface area contributed by atoms with Gasteiger partial charge in [-0.05, 0) is 55.2 Å². The van der Waals surface area contributed by atoms with Gasteiger partial charge in [0.2, 0.25) is 0 Å². The van der Waals surface area contributed by atoms with Gasteiger partial charge in [-0.25, -0.2) is 0 Å². The summed E-state index contributed by atoms with van der Waals surface area (Å²) in [6, 6.07) is 8.52. The Kier molecular flexibility index (Phi) is 21.8. The molecule has 2 unspecified atom stereocenters. The molecule has 2 heteroatoms. The molecule has 0 fully saturated rings. The SMILES string of the molecule is CC.CC.CC.CCC(CC)OC(C)Oc1ccc(C(CC)C(C)(C)C)cc1. The van der Waals surface area contributed by atoms with Crippen LogP contribution in [-0.4, -0.2) is 12.4 Å². The third kappa shape index (κ3) is 13.2. The molecule has 1 aromatic rings. The average Bonchev–Trinajstić information content (AvgIpc) is 2.71. The minimum atomic E-state index is -0.208. The molecular formula is C26H52O2. The first-order valence-corrected chi connectivity index (χ1v) is 11.7. The smallest absolute Gasteiger partial charge is 0.197 e. The van der Waals surface area contributed by atoms with E-state index in [0.717, 1.165) is 25.0 Å². The summed E-state index contributed by atoms with van der Waals surface area (Å²) in [6.45, 7) is 27.4. The zero-order valence-electron chi connectivity index (χ0n) is 21.5. The van der Waals surface area contributed by atoms with Crippen LogP contribution in [-0.2, 0) is 4.74 Å². The van der Waals surface area contributed by atoms with E-state index in [0.29, 0.717) is 5.92 Å². The van der Waals surface area contributed by atoms with Crippen molar-refractivity contribution in [2.45, 2.75) is 128 Å². The summed E-state index contributed by atoms with van der Waals surface area (Å²) in [7, 11) is 0. The second-order valence-electron chi connectivity index (χ2n) is 7.16. The van der Waals surface area contributed by atoms with Gasteiger partial charge < -0.3 is 9.47 Å². The Balaban J connectivity index is -0.000000946. The highest BCUT2D eigenvalue weighted by Crippen LogP contribution is 2.38. The summed E-state index contributed by atoms with van der Waals surface area (Å²) < 4.78 is 11.8. The monoisotopic (exact) mass is 396 g/mol. The highest BCUT2D eigenvalue weighted by molar-refractivity contribution is 5.30. The molecule has 0 heterocycles. The first-order chi connectivity index (χ1) is 13.3. The predicted molar refractivity (Wildman–Crippen MR) is 129 cm³/mol. The van der Waals surface area contributed by atoms with Crippen LogP contribution >= 0.6 is 0 Å². The molecule has 1 rings (SSSR count). The summed E-state index contributed by atoms with van der Waals surface area (Å²) >= 11 is 0. The van der Waals surface area contributed by atoms with E-state index in [-0.39, 0.29) is 17.8 Å². The van der Waals surface area contributed by atoms with Crippen molar-refractivity contribution in [3.05, 3.63) is 29.8 Å². The Morgan fingerprint density at radius 1 is 0.750 bits per heavy atom. The van der Waals surface area contributed by atoms with Crippen molar-refractivity contribution < 1.29 is 9.47 Å². The Labute approximate surface area is 178 Å². The largest absolute Gasteiger partial charge is 0.465 e. The molecule has 0 saturated carbocycles. The molecule has 28 heavy (non-hydrogen) atoms. The molecule has 2 atom stereocenters. The summed E-state index contributed by atoms with van der Waals surface area (Å²) in [5.74, 6) is 1.45. The van der Waals surface area contributed by atoms with Crippen molar-refractivity contribution in [3.63, 3.8) is 0 Å². The van der Waals surface area contributed by atoms with Crippen molar-refractivity contribution in [2.75, 3.05) is 0 Å². The first-order valence-electron chi connectivity index (χ1n) is 11.7. The van der Waals surface area contributed by atoms with Crippen molar-refractivity contribution in [2.24, 2.45) is 5.41 Å². The van der Waals surface area contributed by atoms with Crippen molar-refractivity contribution >= 4 is 0 Å². The molecule has 0 aromatic heterocycles. The maximum Gasteiger partial charge on any atom is 0.197 e. The van der Waals surface area contributed by atoms with Crippen molar-refractivity contribution in [1.82, 2.24) is 0 Å². The van der Waals surface area contributed by atoms with Crippen LogP contribution < -0.4 is 4.74 Å². The lowest BCUT2D eigenvalue weighted by Crippen LogP contribution is -2.23. The van der Waals surface area contributed by atoms with Gasteiger partial charge in [0.1, 0.15) is 5.75 Å². The van der Waals surface area contributed by atoms with Gasteiger partial charge in [-0.15, -0.1) is 0 Å². The molecule has 0 bridgehead atoms. The van der Waals surface area contributed by atoms with E-state index in [1.54, 1.807) is 0 Å². The maximum absolute atomic E-state index is 5.88. The van der Waals surface area contributed by atoms with Gasteiger partial charge in [0.25, 0.3) is 0 Å². The van der Waals surface area contributed by atoms with E-state index in [1.165, 1.54) is 5.56 Å². The van der Waals surface area contributed by atoms with E-state index in [2.05, 4.69) is 65.8 Å². The standard InChI is InChI=1S/C20H34O2.3C2H6/c1-8-17(9-2)21-15(4)22-18-13-11-16(12-14-18)19(10-3)20(5,6)7;3*1-2/h11-15,17,19H,8-10H2,1-7H3;3*1-2H3. The van der Waals surface area contributed by atoms with Crippen LogP contribution in [0.1, 0.15) is 121 Å². The minimum absolute atomic E-state index is 0.208. The van der Waals surface area contributed by atoms with Crippen molar-refractivity contribution in [3.8, 4) is 5.75 Å². The summed E-state index contributed by atoms with van der Waals surface area (Å²) in [5.41, 5.74) is 1.67. The van der Waals surface area contributed by atoms with Crippen LogP contribution in [0.4, 0.5) is 0 Å². The Morgan fingerprint density at radius 2 is 1.18 bits per heavy atom. The fourth-order valence-corrected chi connectivity index (χ4v) is 3.10. The quantitative estimate of drug-likeness (QED) is 0.407. The summed E-state index contributed by atoms with van der Waals surface area (Å²) in [4.78, 5) is 0. The molecule has 0 N–H and O–H groups in total. The molecule has 0 aliphatic heterocycles. The zero-order valence-corrected chi connectivity index (χ0v) is 21.5. The van der Waals surface area contributed by atoms with Crippen LogP contribution in [0.25, 0.3) is 0 Å². The number of rotatable bonds is 8. The van der Waals surface area contributed by atoms with Gasteiger partial charge in [-0.3, -0.25) is 0 Å². The number of ether oxygens (including phenoxy) is 2. The fourth-order valence-electron chi connectivity index (χ4n) is 3.10. The van der Waals surface area contributed by atoms with E-state index in [9.17, 15) is 0 Å². The summed E-state index contributed by atoms with van der Waals surface area (Å²) in [6.07, 6.45) is 3.26. The second-order valence-corrected chi connectivity index (χ2v) is 7.16. The zero-order chi connectivity index (χ0) is 22.8. The molecule has 168 valence electrons. The molecule has 0 aliphatic carbocycles. The van der Waals surface area contributed by atoms with E-state index in [4.69, 9.17) is 9.47 Å². The highest BCUT2D eigenvalue weighted by atomic mass is 16.7. The average molecular weight is 397 g/mol. The highest BCUT2D eigenvalue weighted by Gasteiger charge is 2.24. The minimum Gasteiger partial charge on any atom is -0.465 e. The van der Waals surface area contributed by atoms with Gasteiger partial charge in [-0.1, -0.05) is 95.2 Å². The second kappa shape index (κ2) is 19.3. The lowest BCUT2D eigenvalue weighted by Gasteiger charge is -2.30. The molecule has 0 saturated heterocycles. The van der Waals surface area contributed by atoms with Crippen LogP contribution in [0.2, 0.25) is 0 Å². The van der Waals surface area contributed by atoms with E-state index >= 15 is 0 Å². The molecule has 0 amide bonds. The van der Waals surface area contributed by atoms with Crippen molar-refractivity contribution in [1.29, 1.82) is 0 Å². The Morgan fingerprint density at radius 3 is 1.50 bits per heavy atom. The van der Waals surface area contributed by atoms with Gasteiger partial charge in [0.15, 0.2) is 6.29 Å². The Hall–Kier alpha value is -1.02. The molecule has 0 radical (unpaired) electrons. The summed E-state index contributed by atoms with van der Waals surface area (Å²) in [5, 5.41) is 0. The lowest BCUT2D eigenvalue weighted by atomic mass is 9.75. The van der Waals surface area contributed by atoms with Gasteiger partial charge in [0, 0.05) is 0 Å². The van der Waals surface area contributed by atoms with Crippen LogP contribution in [0.3, 0.4) is 0 Å². The van der Waals surface area contributed by atoms with Gasteiger partial charge >= 0.3 is 0 Å². The molecular weight excluding hydrogens is 344 g/mol. The molecule has 0 aliphatic rings. The molecule has 2 nitrogen and oxygen atoms in total. The van der Waals surface area contributed by atoms with Gasteiger partial charge in [-0.2, -0.15) is 0 Å². The predicted octanol–water partition coefficient (Wildman–Crippen LogP) is 9.23. The third-order valence-electron chi connectivity index (χ3n) is 4.33. The van der Waals surface area contributed by atoms with E-state index in [1.807, 2.05) is 48.5 Å². The van der Waals surface area contributed by atoms with Crippen LogP contribution in [0.15, 0.2) is 24.3 Å². The fraction of sp³-hybridized carbons (Fsp3) is 0.769. The third-order valence-corrected chi connectivity index (χ3v) is 4.33. The van der Waals surface area contributed by atoms with Gasteiger partial charge in [0.05, 0.1) is 6.10 Å². The van der Waals surface area contributed by atoms with Crippen LogP contribution in [0, 0.1) is 5.41 Å². The topological polar surface area (TPSA) is 18.5 Å². The first kappa shape index (κ1) is 31.7. The molecule has 0 spiro atoms. The lowest BCUT2D eigenvalue weighted by molar-refractivity contribution is -0.109. The maximum atomic E-state index is 5.88.